The Hall–Kier alpha value is -1.71. The molecule has 1 aromatic rings. The van der Waals surface area contributed by atoms with Crippen LogP contribution in [0, 0.1) is 0 Å². The van der Waals surface area contributed by atoms with Crippen LogP contribution in [-0.4, -0.2) is 22.0 Å². The Morgan fingerprint density at radius 2 is 2.33 bits per heavy atom. The summed E-state index contributed by atoms with van der Waals surface area (Å²) in [5.74, 6) is 0.825. The molecule has 1 aromatic heterocycles. The largest absolute Gasteiger partial charge is 0.328 e. The lowest BCUT2D eigenvalue weighted by molar-refractivity contribution is 0.842. The molecule has 4 heteroatoms. The average Bonchev–Trinajstić information content (AvgIpc) is 2.21. The van der Waals surface area contributed by atoms with Crippen LogP contribution in [0.2, 0.25) is 0 Å². The van der Waals surface area contributed by atoms with Gasteiger partial charge in [0.05, 0.1) is 6.20 Å². The summed E-state index contributed by atoms with van der Waals surface area (Å²) in [4.78, 5) is 1.99. The van der Waals surface area contributed by atoms with Crippen molar-refractivity contribution in [2.75, 3.05) is 11.4 Å². The molecule has 1 aliphatic rings. The molecule has 2 rings (SSSR count). The SMILES string of the molecule is C1=CCN(c2ccnnn2)C=C1. The van der Waals surface area contributed by atoms with Gasteiger partial charge in [-0.15, -0.1) is 10.2 Å². The van der Waals surface area contributed by atoms with Crippen LogP contribution in [0.3, 0.4) is 0 Å². The van der Waals surface area contributed by atoms with E-state index in [0.29, 0.717) is 0 Å². The maximum atomic E-state index is 3.88. The molecule has 2 heterocycles. The molecule has 0 saturated heterocycles. The number of nitrogens with zero attached hydrogens (tertiary/aromatic N) is 4. The summed E-state index contributed by atoms with van der Waals surface area (Å²) < 4.78 is 0. The van der Waals surface area contributed by atoms with E-state index >= 15 is 0 Å². The van der Waals surface area contributed by atoms with Gasteiger partial charge >= 0.3 is 0 Å². The smallest absolute Gasteiger partial charge is 0.158 e. The van der Waals surface area contributed by atoms with Crippen molar-refractivity contribution in [1.29, 1.82) is 0 Å². The Kier molecular flexibility index (Phi) is 1.82. The van der Waals surface area contributed by atoms with Crippen LogP contribution in [0.5, 0.6) is 0 Å². The first-order chi connectivity index (χ1) is 5.97. The van der Waals surface area contributed by atoms with Crippen molar-refractivity contribution in [2.24, 2.45) is 0 Å². The summed E-state index contributed by atoms with van der Waals surface area (Å²) in [6.45, 7) is 0.842. The number of allylic oxidation sites excluding steroid dienone is 2. The highest BCUT2D eigenvalue weighted by molar-refractivity contribution is 5.43. The Bertz CT molecular complexity index is 304. The zero-order chi connectivity index (χ0) is 8.23. The number of hydrogen-bond donors (Lipinski definition) is 0. The molecule has 1 aliphatic heterocycles. The summed E-state index contributed by atoms with van der Waals surface area (Å²) in [5.41, 5.74) is 0. The number of aromatic nitrogens is 3. The van der Waals surface area contributed by atoms with Crippen molar-refractivity contribution >= 4 is 5.82 Å². The van der Waals surface area contributed by atoms with E-state index in [4.69, 9.17) is 0 Å². The quantitative estimate of drug-likeness (QED) is 0.608. The second-order valence-corrected chi connectivity index (χ2v) is 2.40. The van der Waals surface area contributed by atoms with Crippen LogP contribution < -0.4 is 4.90 Å². The molecule has 0 spiro atoms. The molecule has 0 fully saturated rings. The average molecular weight is 160 g/mol. The second kappa shape index (κ2) is 3.13. The van der Waals surface area contributed by atoms with Crippen LogP contribution in [0.25, 0.3) is 0 Å². The van der Waals surface area contributed by atoms with Crippen LogP contribution in [0.15, 0.2) is 36.7 Å². The maximum absolute atomic E-state index is 3.88. The van der Waals surface area contributed by atoms with Crippen LogP contribution in [0.4, 0.5) is 5.82 Å². The van der Waals surface area contributed by atoms with Gasteiger partial charge in [-0.25, -0.2) is 0 Å². The summed E-state index contributed by atoms with van der Waals surface area (Å²) in [6, 6.07) is 1.83. The Labute approximate surface area is 70.2 Å². The predicted octanol–water partition coefficient (Wildman–Crippen LogP) is 0.762. The fourth-order valence-corrected chi connectivity index (χ4v) is 1.03. The van der Waals surface area contributed by atoms with Crippen molar-refractivity contribution < 1.29 is 0 Å². The normalized spacial score (nSPS) is 15.2. The van der Waals surface area contributed by atoms with E-state index in [1.807, 2.05) is 29.3 Å². The Morgan fingerprint density at radius 1 is 1.33 bits per heavy atom. The summed E-state index contributed by atoms with van der Waals surface area (Å²) in [6.07, 6.45) is 9.62. The van der Waals surface area contributed by atoms with Gasteiger partial charge in [-0.1, -0.05) is 12.2 Å². The minimum absolute atomic E-state index is 0.825. The summed E-state index contributed by atoms with van der Waals surface area (Å²) in [7, 11) is 0. The van der Waals surface area contributed by atoms with Gasteiger partial charge in [-0.05, 0) is 11.3 Å². The Morgan fingerprint density at radius 3 is 3.00 bits per heavy atom. The first-order valence-corrected chi connectivity index (χ1v) is 3.71. The third kappa shape index (κ3) is 1.32. The van der Waals surface area contributed by atoms with Gasteiger partial charge in [0.2, 0.25) is 0 Å². The van der Waals surface area contributed by atoms with Gasteiger partial charge in [0.25, 0.3) is 0 Å². The van der Waals surface area contributed by atoms with Crippen molar-refractivity contribution in [3.63, 3.8) is 0 Å². The molecule has 12 heavy (non-hydrogen) atoms. The summed E-state index contributed by atoms with van der Waals surface area (Å²) >= 11 is 0. The molecule has 0 aliphatic carbocycles. The van der Waals surface area contributed by atoms with Gasteiger partial charge in [0.15, 0.2) is 5.82 Å². The minimum atomic E-state index is 0.825. The number of hydrogen-bond acceptors (Lipinski definition) is 4. The highest BCUT2D eigenvalue weighted by atomic mass is 15.3. The highest BCUT2D eigenvalue weighted by Gasteiger charge is 2.03. The van der Waals surface area contributed by atoms with E-state index in [0.717, 1.165) is 12.4 Å². The van der Waals surface area contributed by atoms with E-state index in [1.54, 1.807) is 6.20 Å². The molecule has 4 nitrogen and oxygen atoms in total. The number of anilines is 1. The first-order valence-electron chi connectivity index (χ1n) is 3.71. The van der Waals surface area contributed by atoms with Gasteiger partial charge in [-0.3, -0.25) is 0 Å². The van der Waals surface area contributed by atoms with Gasteiger partial charge in [-0.2, -0.15) is 0 Å². The van der Waals surface area contributed by atoms with Crippen LogP contribution in [0.1, 0.15) is 0 Å². The standard InChI is InChI=1S/C8H8N4/c1-2-6-12(7-3-1)8-4-5-9-11-10-8/h1-6H,7H2. The zero-order valence-electron chi connectivity index (χ0n) is 6.46. The molecule has 0 radical (unpaired) electrons. The summed E-state index contributed by atoms with van der Waals surface area (Å²) in [5, 5.41) is 11.1. The molecule has 0 amide bonds. The fraction of sp³-hybridized carbons (Fsp3) is 0.125. The molecule has 60 valence electrons. The first kappa shape index (κ1) is 6.97. The van der Waals surface area contributed by atoms with Gasteiger partial charge < -0.3 is 4.90 Å². The molecule has 0 saturated carbocycles. The van der Waals surface area contributed by atoms with Crippen molar-refractivity contribution in [3.8, 4) is 0 Å². The lowest BCUT2D eigenvalue weighted by Crippen LogP contribution is -2.19. The minimum Gasteiger partial charge on any atom is -0.328 e. The fourth-order valence-electron chi connectivity index (χ4n) is 1.03. The van der Waals surface area contributed by atoms with Crippen LogP contribution >= 0.6 is 0 Å². The van der Waals surface area contributed by atoms with Crippen molar-refractivity contribution in [2.45, 2.75) is 0 Å². The molecular weight excluding hydrogens is 152 g/mol. The molecule has 0 unspecified atom stereocenters. The molecule has 0 N–H and O–H groups in total. The van der Waals surface area contributed by atoms with Crippen molar-refractivity contribution in [3.05, 3.63) is 36.7 Å². The van der Waals surface area contributed by atoms with Gasteiger partial charge in [0.1, 0.15) is 0 Å². The predicted molar refractivity (Wildman–Crippen MR) is 45.5 cm³/mol. The van der Waals surface area contributed by atoms with E-state index in [9.17, 15) is 0 Å². The number of rotatable bonds is 1. The van der Waals surface area contributed by atoms with E-state index < -0.39 is 0 Å². The van der Waals surface area contributed by atoms with E-state index in [2.05, 4.69) is 21.5 Å². The zero-order valence-corrected chi connectivity index (χ0v) is 6.46. The maximum Gasteiger partial charge on any atom is 0.158 e. The van der Waals surface area contributed by atoms with Crippen LogP contribution in [-0.2, 0) is 0 Å². The van der Waals surface area contributed by atoms with E-state index in [-0.39, 0.29) is 0 Å². The second-order valence-electron chi connectivity index (χ2n) is 2.40. The molecule has 0 bridgehead atoms. The highest BCUT2D eigenvalue weighted by Crippen LogP contribution is 2.09. The Balaban J connectivity index is 2.21. The van der Waals surface area contributed by atoms with E-state index in [1.165, 1.54) is 0 Å². The topological polar surface area (TPSA) is 41.9 Å². The molecular formula is C8H8N4. The monoisotopic (exact) mass is 160 g/mol. The van der Waals surface area contributed by atoms with Gasteiger partial charge in [0, 0.05) is 18.8 Å². The molecule has 0 aromatic carbocycles. The third-order valence-electron chi connectivity index (χ3n) is 1.60. The molecule has 0 atom stereocenters. The lowest BCUT2D eigenvalue weighted by Gasteiger charge is -2.17. The lowest BCUT2D eigenvalue weighted by atomic mass is 10.3. The third-order valence-corrected chi connectivity index (χ3v) is 1.60. The van der Waals surface area contributed by atoms with Crippen molar-refractivity contribution in [1.82, 2.24) is 15.4 Å².